The molecule has 6 aromatic heterocycles. The van der Waals surface area contributed by atoms with Crippen LogP contribution >= 0.6 is 34.6 Å². The van der Waals surface area contributed by atoms with Crippen LogP contribution in [-0.2, 0) is 52.3 Å². The van der Waals surface area contributed by atoms with Crippen LogP contribution < -0.4 is 21.5 Å². The number of fused-ring (bicyclic) bond motifs is 3. The summed E-state index contributed by atoms with van der Waals surface area (Å²) in [7, 11) is -4.26. The van der Waals surface area contributed by atoms with Gasteiger partial charge >= 0.3 is 5.69 Å². The molecule has 0 aliphatic carbocycles. The summed E-state index contributed by atoms with van der Waals surface area (Å²) < 4.78 is 45.7. The van der Waals surface area contributed by atoms with Crippen LogP contribution in [0.1, 0.15) is 45.4 Å². The molecule has 2 amide bonds. The number of hydrogen-bond donors (Lipinski definition) is 4. The van der Waals surface area contributed by atoms with Crippen molar-refractivity contribution in [2.75, 3.05) is 0 Å². The number of aromatic amines is 3. The van der Waals surface area contributed by atoms with Crippen molar-refractivity contribution in [1.82, 2.24) is 33.8 Å². The number of pyridine rings is 1. The van der Waals surface area contributed by atoms with Gasteiger partial charge in [-0.25, -0.2) is 17.9 Å². The molecule has 0 spiro atoms. The summed E-state index contributed by atoms with van der Waals surface area (Å²) in [6, 6.07) is 28.7. The molecule has 9 aromatic rings. The predicted molar refractivity (Wildman–Crippen MR) is 291 cm³/mol. The summed E-state index contributed by atoms with van der Waals surface area (Å²) in [4.78, 5) is 79.7. The number of carbonyl (C=O) groups is 2. The summed E-state index contributed by atoms with van der Waals surface area (Å²) >= 11 is 4.11. The Labute approximate surface area is 441 Å². The van der Waals surface area contributed by atoms with Crippen molar-refractivity contribution >= 4 is 78.3 Å². The number of thiophene rings is 2. The first-order chi connectivity index (χ1) is 36.3. The van der Waals surface area contributed by atoms with Crippen LogP contribution in [0.15, 0.2) is 202 Å². The van der Waals surface area contributed by atoms with E-state index in [4.69, 9.17) is 8.83 Å². The average Bonchev–Trinajstić information content (AvgIpc) is 4.31. The van der Waals surface area contributed by atoms with Crippen LogP contribution in [0.25, 0.3) is 32.9 Å². The van der Waals surface area contributed by atoms with Gasteiger partial charge in [-0.1, -0.05) is 61.2 Å². The van der Waals surface area contributed by atoms with Crippen LogP contribution in [-0.4, -0.2) is 55.3 Å². The minimum Gasteiger partial charge on any atom is -0.467 e. The SMILES string of the molecule is C=C(/C=C\C=C\C)[C@H](NSc1ccc2[nH]c(=O)[nH]c(=O)c2c1)C(=O)N(Cc1cc(-c2csc(CN(Cc3ccco3)C(=O)C3c4ccccc4CN3S(=O)(=O)c3ccc4[nH]c(=O)ccc4c3)c2)co1)Cc1cccs1. The summed E-state index contributed by atoms with van der Waals surface area (Å²) in [6.45, 7) is 6.70. The monoisotopic (exact) mass is 1080 g/mol. The fourth-order valence-electron chi connectivity index (χ4n) is 8.84. The quantitative estimate of drug-likeness (QED) is 0.0442. The van der Waals surface area contributed by atoms with E-state index in [1.165, 1.54) is 51.4 Å². The van der Waals surface area contributed by atoms with Gasteiger partial charge in [0.15, 0.2) is 0 Å². The highest BCUT2D eigenvalue weighted by Crippen LogP contribution is 2.41. The summed E-state index contributed by atoms with van der Waals surface area (Å²) in [6.07, 6.45) is 10.4. The topological polar surface area (TPSA) is 215 Å². The van der Waals surface area contributed by atoms with Crippen molar-refractivity contribution in [1.29, 1.82) is 0 Å². The summed E-state index contributed by atoms with van der Waals surface area (Å²) in [5.41, 5.74) is 2.78. The fourth-order valence-corrected chi connectivity index (χ4v) is 12.9. The Kier molecular flexibility index (Phi) is 14.8. The van der Waals surface area contributed by atoms with E-state index in [-0.39, 0.29) is 54.5 Å². The van der Waals surface area contributed by atoms with E-state index in [1.807, 2.05) is 66.2 Å². The molecule has 20 heteroatoms. The molecule has 1 aliphatic rings. The van der Waals surface area contributed by atoms with E-state index in [0.29, 0.717) is 49.5 Å². The number of sulfonamides is 1. The third kappa shape index (κ3) is 11.2. The molecule has 4 N–H and O–H groups in total. The van der Waals surface area contributed by atoms with Crippen LogP contribution in [0.5, 0.6) is 0 Å². The highest BCUT2D eigenvalue weighted by Gasteiger charge is 2.45. The Morgan fingerprint density at radius 1 is 0.827 bits per heavy atom. The van der Waals surface area contributed by atoms with E-state index < -0.39 is 39.3 Å². The molecular formula is C55H47N7O9S4. The lowest BCUT2D eigenvalue weighted by Crippen LogP contribution is -2.44. The van der Waals surface area contributed by atoms with Gasteiger partial charge in [0.1, 0.15) is 23.6 Å². The minimum atomic E-state index is -4.26. The van der Waals surface area contributed by atoms with Gasteiger partial charge in [0.05, 0.1) is 54.5 Å². The third-order valence-corrected chi connectivity index (χ3v) is 17.0. The first-order valence-corrected chi connectivity index (χ1v) is 27.5. The van der Waals surface area contributed by atoms with E-state index in [1.54, 1.807) is 82.8 Å². The molecule has 10 rings (SSSR count). The maximum absolute atomic E-state index is 15.1. The van der Waals surface area contributed by atoms with Gasteiger partial charge in [0.2, 0.25) is 27.4 Å². The zero-order valence-electron chi connectivity index (χ0n) is 40.1. The van der Waals surface area contributed by atoms with Crippen molar-refractivity contribution in [2.24, 2.45) is 0 Å². The molecule has 3 aromatic carbocycles. The van der Waals surface area contributed by atoms with Gasteiger partial charge in [-0.05, 0) is 130 Å². The molecule has 1 unspecified atom stereocenters. The zero-order valence-corrected chi connectivity index (χ0v) is 43.3. The molecule has 0 saturated heterocycles. The third-order valence-electron chi connectivity index (χ3n) is 12.5. The highest BCUT2D eigenvalue weighted by molar-refractivity contribution is 7.97. The molecule has 0 bridgehead atoms. The standard InChI is InChI=1S/C55H47N7O9S4/c1-3-4-5-10-34(2)50(59-74-41-16-18-48-46(26-41)52(64)58-55(67)57-48)53(65)60(30-42-13-9-22-72-42)29-40-23-37(32-71-40)38-24-43(73-33-38)31-61(28-39-12-8-21-70-39)54(66)51-45-14-7-6-11-36(45)27-62(51)75(68,69)44-17-19-47-35(25-44)15-20-49(63)56-47/h3-26,32-33,50-51,59H,2,27-31H2,1H3,(H,56,63)(H2,57,58,64,67)/b4-3+,10-5-/t50-,51?/m0/s1. The Hall–Kier alpha value is -7.85. The number of rotatable bonds is 19. The first kappa shape index (κ1) is 50.7. The van der Waals surface area contributed by atoms with Crippen LogP contribution in [0.4, 0.5) is 0 Å². The number of furan rings is 2. The Morgan fingerprint density at radius 3 is 2.47 bits per heavy atom. The zero-order chi connectivity index (χ0) is 52.2. The van der Waals surface area contributed by atoms with Gasteiger partial charge < -0.3 is 28.6 Å². The predicted octanol–water partition coefficient (Wildman–Crippen LogP) is 9.39. The Bertz CT molecular complexity index is 3940. The first-order valence-electron chi connectivity index (χ1n) is 23.5. The van der Waals surface area contributed by atoms with E-state index >= 15 is 4.79 Å². The lowest BCUT2D eigenvalue weighted by molar-refractivity contribution is -0.137. The van der Waals surface area contributed by atoms with Gasteiger partial charge in [-0.2, -0.15) is 4.31 Å². The van der Waals surface area contributed by atoms with E-state index in [9.17, 15) is 27.6 Å². The number of amides is 2. The van der Waals surface area contributed by atoms with Crippen LogP contribution in [0.2, 0.25) is 0 Å². The molecule has 16 nitrogen and oxygen atoms in total. The molecule has 0 radical (unpaired) electrons. The molecule has 0 fully saturated rings. The lowest BCUT2D eigenvalue weighted by Gasteiger charge is -2.30. The largest absolute Gasteiger partial charge is 0.467 e. The van der Waals surface area contributed by atoms with E-state index in [2.05, 4.69) is 26.3 Å². The van der Waals surface area contributed by atoms with Gasteiger partial charge in [0, 0.05) is 38.3 Å². The second-order valence-electron chi connectivity index (χ2n) is 17.6. The molecule has 75 heavy (non-hydrogen) atoms. The number of allylic oxidation sites excluding steroid dienone is 3. The second kappa shape index (κ2) is 21.9. The molecule has 7 heterocycles. The molecule has 2 atom stereocenters. The number of aromatic nitrogens is 3. The van der Waals surface area contributed by atoms with Crippen molar-refractivity contribution in [2.45, 2.75) is 61.5 Å². The van der Waals surface area contributed by atoms with Crippen LogP contribution in [0.3, 0.4) is 0 Å². The van der Waals surface area contributed by atoms with Crippen molar-refractivity contribution in [3.05, 3.63) is 233 Å². The number of carbonyl (C=O) groups excluding carboxylic acids is 2. The number of nitrogens with one attached hydrogen (secondary N) is 4. The lowest BCUT2D eigenvalue weighted by atomic mass is 10.0. The Morgan fingerprint density at radius 2 is 1.65 bits per heavy atom. The number of benzene rings is 3. The second-order valence-corrected chi connectivity index (χ2v) is 22.4. The Balaban J connectivity index is 0.900. The van der Waals surface area contributed by atoms with Gasteiger partial charge in [-0.3, -0.25) is 24.2 Å². The molecule has 380 valence electrons. The van der Waals surface area contributed by atoms with Crippen molar-refractivity contribution in [3.8, 4) is 11.1 Å². The van der Waals surface area contributed by atoms with Crippen molar-refractivity contribution in [3.63, 3.8) is 0 Å². The molecular weight excluding hydrogens is 1030 g/mol. The van der Waals surface area contributed by atoms with Gasteiger partial charge in [-0.15, -0.1) is 22.7 Å². The van der Waals surface area contributed by atoms with Gasteiger partial charge in [0.25, 0.3) is 5.56 Å². The highest BCUT2D eigenvalue weighted by atomic mass is 32.2. The molecule has 0 saturated carbocycles. The number of nitrogens with zero attached hydrogens (tertiary/aromatic N) is 3. The maximum Gasteiger partial charge on any atom is 0.326 e. The minimum absolute atomic E-state index is 0.0115. The summed E-state index contributed by atoms with van der Waals surface area (Å²) in [5.74, 6) is 0.319. The maximum atomic E-state index is 15.1. The number of H-pyrrole nitrogens is 3. The van der Waals surface area contributed by atoms with Crippen LogP contribution in [0, 0.1) is 0 Å². The number of hydrogen-bond acceptors (Lipinski definition) is 13. The normalized spacial score (nSPS) is 14.3. The smallest absolute Gasteiger partial charge is 0.326 e. The summed E-state index contributed by atoms with van der Waals surface area (Å²) in [5, 5.41) is 4.72. The van der Waals surface area contributed by atoms with Crippen molar-refractivity contribution < 1.29 is 26.8 Å². The average molecular weight is 1080 g/mol. The van der Waals surface area contributed by atoms with E-state index in [0.717, 1.165) is 32.8 Å². The fraction of sp³-hybridized carbons (Fsp3) is 0.145. The molecule has 1 aliphatic heterocycles.